The molecule has 0 heterocycles. The van der Waals surface area contributed by atoms with Crippen molar-refractivity contribution in [2.24, 2.45) is 0 Å². The van der Waals surface area contributed by atoms with Gasteiger partial charge in [-0.05, 0) is 6.42 Å². The van der Waals surface area contributed by atoms with Crippen molar-refractivity contribution < 1.29 is 0 Å². The average Bonchev–Trinajstić information content (AvgIpc) is 2.19. The van der Waals surface area contributed by atoms with Gasteiger partial charge in [-0.1, -0.05) is 54.4 Å². The van der Waals surface area contributed by atoms with Gasteiger partial charge in [-0.15, -0.1) is 11.6 Å². The Morgan fingerprint density at radius 3 is 2.46 bits per heavy atom. The number of alkyl halides is 1. The molecule has 0 fully saturated rings. The number of hydrogen-bond acceptors (Lipinski definition) is 0. The van der Waals surface area contributed by atoms with E-state index in [-0.39, 0.29) is 0 Å². The maximum atomic E-state index is 5.60. The molecule has 0 amide bonds. The molecule has 1 aromatic carbocycles. The molecule has 0 spiro atoms. The zero-order valence-corrected chi connectivity index (χ0v) is 9.56. The summed E-state index contributed by atoms with van der Waals surface area (Å²) in [6, 6.07) is 12.0. The Kier molecular flexibility index (Phi) is 5.95. The first kappa shape index (κ1) is 10.8. The quantitative estimate of drug-likeness (QED) is 0.385. The smallest absolute Gasteiger partial charge is 0.0807 e. The Morgan fingerprint density at radius 1 is 1.00 bits per heavy atom. The van der Waals surface area contributed by atoms with Gasteiger partial charge >= 0.3 is 0 Å². The van der Waals surface area contributed by atoms with Crippen LogP contribution in [0, 0.1) is 0 Å². The van der Waals surface area contributed by atoms with Crippen LogP contribution in [0.2, 0.25) is 6.04 Å². The summed E-state index contributed by atoms with van der Waals surface area (Å²) in [5.41, 5.74) is 0. The van der Waals surface area contributed by atoms with Crippen LogP contribution in [-0.4, -0.2) is 15.4 Å². The van der Waals surface area contributed by atoms with Crippen LogP contribution >= 0.6 is 11.6 Å². The molecular weight excluding hydrogens is 196 g/mol. The molecule has 0 aromatic heterocycles. The summed E-state index contributed by atoms with van der Waals surface area (Å²) < 4.78 is 0. The Labute approximate surface area is 88.1 Å². The van der Waals surface area contributed by atoms with Gasteiger partial charge in [-0.2, -0.15) is 0 Å². The summed E-state index contributed by atoms with van der Waals surface area (Å²) in [6.45, 7) is 0. The topological polar surface area (TPSA) is 0 Å². The van der Waals surface area contributed by atoms with Gasteiger partial charge in [0.05, 0.1) is 9.52 Å². The zero-order chi connectivity index (χ0) is 9.36. The number of hydrogen-bond donors (Lipinski definition) is 0. The lowest BCUT2D eigenvalue weighted by atomic mass is 10.3. The lowest BCUT2D eigenvalue weighted by Gasteiger charge is -1.98. The van der Waals surface area contributed by atoms with E-state index in [0.717, 1.165) is 15.4 Å². The number of halogens is 1. The lowest BCUT2D eigenvalue weighted by molar-refractivity contribution is 0.774. The summed E-state index contributed by atoms with van der Waals surface area (Å²) in [5.74, 6) is 0.814. The van der Waals surface area contributed by atoms with Crippen molar-refractivity contribution >= 4 is 26.3 Å². The Bertz CT molecular complexity index is 211. The number of unbranched alkanes of at least 4 members (excludes halogenated alkanes) is 2. The van der Waals surface area contributed by atoms with Crippen LogP contribution in [0.3, 0.4) is 0 Å². The first-order chi connectivity index (χ1) is 6.43. The highest BCUT2D eigenvalue weighted by atomic mass is 35.5. The molecule has 0 nitrogen and oxygen atoms in total. The third-order valence-electron chi connectivity index (χ3n) is 1.91. The fourth-order valence-corrected chi connectivity index (χ4v) is 2.52. The van der Waals surface area contributed by atoms with Crippen molar-refractivity contribution in [3.8, 4) is 0 Å². The highest BCUT2D eigenvalue weighted by Gasteiger charge is 1.93. The van der Waals surface area contributed by atoms with Crippen molar-refractivity contribution in [1.82, 2.24) is 0 Å². The van der Waals surface area contributed by atoms with Gasteiger partial charge in [0.15, 0.2) is 0 Å². The van der Waals surface area contributed by atoms with Crippen LogP contribution in [0.4, 0.5) is 0 Å². The molecule has 2 radical (unpaired) electrons. The maximum Gasteiger partial charge on any atom is 0.0807 e. The Morgan fingerprint density at radius 2 is 1.77 bits per heavy atom. The van der Waals surface area contributed by atoms with E-state index in [0.29, 0.717) is 0 Å². The minimum absolute atomic E-state index is 0.814. The van der Waals surface area contributed by atoms with Crippen LogP contribution in [-0.2, 0) is 0 Å². The van der Waals surface area contributed by atoms with Crippen molar-refractivity contribution in [2.45, 2.75) is 25.3 Å². The van der Waals surface area contributed by atoms with Crippen LogP contribution in [0.5, 0.6) is 0 Å². The lowest BCUT2D eigenvalue weighted by Crippen LogP contribution is -2.12. The van der Waals surface area contributed by atoms with E-state index in [1.165, 1.54) is 30.5 Å². The highest BCUT2D eigenvalue weighted by Crippen LogP contribution is 2.00. The molecule has 0 unspecified atom stereocenters. The van der Waals surface area contributed by atoms with Gasteiger partial charge < -0.3 is 0 Å². The van der Waals surface area contributed by atoms with E-state index < -0.39 is 0 Å². The predicted molar refractivity (Wildman–Crippen MR) is 61.2 cm³/mol. The molecule has 0 saturated heterocycles. The van der Waals surface area contributed by atoms with Crippen LogP contribution in [0.25, 0.3) is 0 Å². The second kappa shape index (κ2) is 7.16. The fraction of sp³-hybridized carbons (Fsp3) is 0.455. The van der Waals surface area contributed by atoms with E-state index in [4.69, 9.17) is 11.6 Å². The second-order valence-electron chi connectivity index (χ2n) is 3.04. The van der Waals surface area contributed by atoms with Crippen molar-refractivity contribution in [1.29, 1.82) is 0 Å². The predicted octanol–water partition coefficient (Wildman–Crippen LogP) is 2.84. The molecular formula is C11H15ClSi. The van der Waals surface area contributed by atoms with Crippen LogP contribution in [0.15, 0.2) is 30.3 Å². The summed E-state index contributed by atoms with van der Waals surface area (Å²) in [6.07, 6.45) is 3.77. The summed E-state index contributed by atoms with van der Waals surface area (Å²) in [4.78, 5) is 0. The van der Waals surface area contributed by atoms with Crippen molar-refractivity contribution in [3.63, 3.8) is 0 Å². The largest absolute Gasteiger partial charge is 0.127 e. The van der Waals surface area contributed by atoms with E-state index in [1.54, 1.807) is 0 Å². The monoisotopic (exact) mass is 210 g/mol. The minimum Gasteiger partial charge on any atom is -0.127 e. The molecule has 0 N–H and O–H groups in total. The van der Waals surface area contributed by atoms with E-state index >= 15 is 0 Å². The zero-order valence-electron chi connectivity index (χ0n) is 7.80. The molecule has 1 aromatic rings. The first-order valence-electron chi connectivity index (χ1n) is 4.78. The van der Waals surface area contributed by atoms with Crippen molar-refractivity contribution in [3.05, 3.63) is 30.3 Å². The third kappa shape index (κ3) is 5.12. The summed E-state index contributed by atoms with van der Waals surface area (Å²) >= 11 is 5.60. The molecule has 70 valence electrons. The standard InChI is InChI=1S/C11H15ClSi/c12-9-5-2-6-10-13-11-7-3-1-4-8-11/h1,3-4,7-8H,2,5-6,9-10H2. The fourth-order valence-electron chi connectivity index (χ4n) is 1.18. The average molecular weight is 211 g/mol. The van der Waals surface area contributed by atoms with Crippen LogP contribution in [0.1, 0.15) is 19.3 Å². The highest BCUT2D eigenvalue weighted by molar-refractivity contribution is 6.53. The van der Waals surface area contributed by atoms with Crippen molar-refractivity contribution in [2.75, 3.05) is 5.88 Å². The van der Waals surface area contributed by atoms with E-state index in [9.17, 15) is 0 Å². The molecule has 0 saturated carbocycles. The molecule has 0 aliphatic heterocycles. The molecule has 0 bridgehead atoms. The summed E-state index contributed by atoms with van der Waals surface area (Å²) in [5, 5.41) is 1.48. The van der Waals surface area contributed by atoms with Gasteiger partial charge in [0.1, 0.15) is 0 Å². The van der Waals surface area contributed by atoms with E-state index in [1.807, 2.05) is 0 Å². The van der Waals surface area contributed by atoms with Gasteiger partial charge in [0.25, 0.3) is 0 Å². The Balaban J connectivity index is 2.07. The normalized spacial score (nSPS) is 10.2. The molecule has 13 heavy (non-hydrogen) atoms. The van der Waals surface area contributed by atoms with Gasteiger partial charge in [0, 0.05) is 5.88 Å². The number of benzene rings is 1. The number of rotatable bonds is 6. The van der Waals surface area contributed by atoms with Gasteiger partial charge in [0.2, 0.25) is 0 Å². The molecule has 0 aliphatic carbocycles. The maximum absolute atomic E-state index is 5.60. The summed E-state index contributed by atoms with van der Waals surface area (Å²) in [7, 11) is 0.973. The first-order valence-corrected chi connectivity index (χ1v) is 6.52. The van der Waals surface area contributed by atoms with Gasteiger partial charge in [-0.3, -0.25) is 0 Å². The van der Waals surface area contributed by atoms with Gasteiger partial charge in [-0.25, -0.2) is 0 Å². The molecule has 1 rings (SSSR count). The SMILES string of the molecule is ClCCCCC[Si]c1ccccc1. The molecule has 0 aliphatic rings. The minimum atomic E-state index is 0.814. The molecule has 0 atom stereocenters. The molecule has 2 heteroatoms. The van der Waals surface area contributed by atoms with Crippen LogP contribution < -0.4 is 5.19 Å². The van der Waals surface area contributed by atoms with E-state index in [2.05, 4.69) is 30.3 Å². The Hall–Kier alpha value is -0.273. The third-order valence-corrected chi connectivity index (χ3v) is 3.53. The second-order valence-corrected chi connectivity index (χ2v) is 4.85.